The number of benzene rings is 1. The molecule has 0 saturated heterocycles. The summed E-state index contributed by atoms with van der Waals surface area (Å²) < 4.78 is 40.8. The van der Waals surface area contributed by atoms with Crippen molar-refractivity contribution in [1.29, 1.82) is 0 Å². The molecule has 150 valence electrons. The van der Waals surface area contributed by atoms with E-state index in [0.29, 0.717) is 22.5 Å². The van der Waals surface area contributed by atoms with Gasteiger partial charge in [-0.15, -0.1) is 13.2 Å². The van der Waals surface area contributed by atoms with Gasteiger partial charge >= 0.3 is 6.36 Å². The summed E-state index contributed by atoms with van der Waals surface area (Å²) in [5.41, 5.74) is 1.89. The van der Waals surface area contributed by atoms with Crippen molar-refractivity contribution in [2.45, 2.75) is 40.1 Å². The lowest BCUT2D eigenvalue weighted by molar-refractivity contribution is -0.274. The van der Waals surface area contributed by atoms with Crippen LogP contribution in [0.25, 0.3) is 0 Å². The number of hydrogen-bond acceptors (Lipinski definition) is 4. The summed E-state index contributed by atoms with van der Waals surface area (Å²) in [6, 6.07) is 8.51. The molecule has 0 spiro atoms. The second-order valence-electron chi connectivity index (χ2n) is 6.66. The van der Waals surface area contributed by atoms with E-state index in [4.69, 9.17) is 0 Å². The monoisotopic (exact) mass is 394 g/mol. The zero-order chi connectivity index (χ0) is 20.9. The summed E-state index contributed by atoms with van der Waals surface area (Å²) in [4.78, 5) is 28.6. The van der Waals surface area contributed by atoms with Crippen molar-refractivity contribution in [3.63, 3.8) is 0 Å². The van der Waals surface area contributed by atoms with Gasteiger partial charge in [-0.25, -0.2) is 0 Å². The fourth-order valence-corrected chi connectivity index (χ4v) is 2.48. The second-order valence-corrected chi connectivity index (χ2v) is 6.66. The third-order valence-electron chi connectivity index (χ3n) is 3.85. The average Bonchev–Trinajstić information content (AvgIpc) is 2.57. The molecule has 2 aromatic rings. The number of pyridine rings is 1. The van der Waals surface area contributed by atoms with Crippen LogP contribution in [-0.4, -0.2) is 23.0 Å². The standard InChI is InChI=1S/C20H21F3N2O3/c1-12(2)18(26)10-16-9-15(7-13(3)25-16)19(27)24-11-14-5-4-6-17(8-14)28-20(21,22)23/h4-9,12H,10-11H2,1-3H3,(H,24,27). The first-order valence-electron chi connectivity index (χ1n) is 8.66. The van der Waals surface area contributed by atoms with Crippen molar-refractivity contribution in [2.24, 2.45) is 5.92 Å². The maximum atomic E-state index is 12.4. The Morgan fingerprint density at radius 2 is 1.89 bits per heavy atom. The molecule has 1 amide bonds. The van der Waals surface area contributed by atoms with Crippen molar-refractivity contribution in [3.8, 4) is 5.75 Å². The van der Waals surface area contributed by atoms with Crippen LogP contribution in [0.3, 0.4) is 0 Å². The molecule has 0 bridgehead atoms. The first kappa shape index (κ1) is 21.4. The summed E-state index contributed by atoms with van der Waals surface area (Å²) in [6.07, 6.45) is -4.64. The quantitative estimate of drug-likeness (QED) is 0.771. The zero-order valence-electron chi connectivity index (χ0n) is 15.8. The number of carbonyl (C=O) groups excluding carboxylic acids is 2. The lowest BCUT2D eigenvalue weighted by atomic mass is 10.0. The minimum atomic E-state index is -4.78. The third kappa shape index (κ3) is 6.68. The third-order valence-corrected chi connectivity index (χ3v) is 3.85. The Morgan fingerprint density at radius 1 is 1.18 bits per heavy atom. The van der Waals surface area contributed by atoms with Gasteiger partial charge in [-0.2, -0.15) is 0 Å². The summed E-state index contributed by atoms with van der Waals surface area (Å²) in [5, 5.41) is 2.65. The molecule has 0 aliphatic carbocycles. The van der Waals surface area contributed by atoms with Gasteiger partial charge in [-0.3, -0.25) is 14.6 Å². The van der Waals surface area contributed by atoms with Gasteiger partial charge in [0.15, 0.2) is 0 Å². The van der Waals surface area contributed by atoms with Crippen LogP contribution in [0.1, 0.15) is 41.2 Å². The number of rotatable bonds is 7. The molecule has 0 saturated carbocycles. The van der Waals surface area contributed by atoms with Gasteiger partial charge in [-0.05, 0) is 36.8 Å². The van der Waals surface area contributed by atoms with Crippen LogP contribution in [0.15, 0.2) is 36.4 Å². The van der Waals surface area contributed by atoms with E-state index in [9.17, 15) is 22.8 Å². The van der Waals surface area contributed by atoms with Crippen LogP contribution in [0.2, 0.25) is 0 Å². The Balaban J connectivity index is 2.06. The molecule has 1 heterocycles. The topological polar surface area (TPSA) is 68.3 Å². The molecule has 2 rings (SSSR count). The number of carbonyl (C=O) groups is 2. The van der Waals surface area contributed by atoms with E-state index in [1.807, 2.05) is 0 Å². The number of ketones is 1. The zero-order valence-corrected chi connectivity index (χ0v) is 15.8. The van der Waals surface area contributed by atoms with E-state index in [2.05, 4.69) is 15.0 Å². The van der Waals surface area contributed by atoms with Crippen molar-refractivity contribution in [1.82, 2.24) is 10.3 Å². The van der Waals surface area contributed by atoms with E-state index < -0.39 is 12.3 Å². The minimum Gasteiger partial charge on any atom is -0.406 e. The van der Waals surface area contributed by atoms with Crippen LogP contribution in [-0.2, 0) is 17.8 Å². The Hall–Kier alpha value is -2.90. The predicted molar refractivity (Wildman–Crippen MR) is 96.8 cm³/mol. The van der Waals surface area contributed by atoms with Gasteiger partial charge in [0.1, 0.15) is 11.5 Å². The SMILES string of the molecule is Cc1cc(C(=O)NCc2cccc(OC(F)(F)F)c2)cc(CC(=O)C(C)C)n1. The van der Waals surface area contributed by atoms with Crippen molar-refractivity contribution >= 4 is 11.7 Å². The molecule has 5 nitrogen and oxygen atoms in total. The largest absolute Gasteiger partial charge is 0.573 e. The molecular formula is C20H21F3N2O3. The van der Waals surface area contributed by atoms with Crippen molar-refractivity contribution in [2.75, 3.05) is 0 Å². The smallest absolute Gasteiger partial charge is 0.406 e. The van der Waals surface area contributed by atoms with Crippen LogP contribution >= 0.6 is 0 Å². The van der Waals surface area contributed by atoms with E-state index in [-0.39, 0.29) is 30.4 Å². The van der Waals surface area contributed by atoms with Gasteiger partial charge in [0.05, 0.1) is 0 Å². The minimum absolute atomic E-state index is 0.0194. The summed E-state index contributed by atoms with van der Waals surface area (Å²) >= 11 is 0. The van der Waals surface area contributed by atoms with Crippen LogP contribution in [0.4, 0.5) is 13.2 Å². The number of nitrogens with one attached hydrogen (secondary N) is 1. The summed E-state index contributed by atoms with van der Waals surface area (Å²) in [5.74, 6) is -0.879. The summed E-state index contributed by atoms with van der Waals surface area (Å²) in [6.45, 7) is 5.33. The molecule has 1 aromatic carbocycles. The number of Topliss-reactive ketones (excluding diaryl/α,β-unsaturated/α-hetero) is 1. The van der Waals surface area contributed by atoms with E-state index in [0.717, 1.165) is 0 Å². The van der Waals surface area contributed by atoms with Gasteiger partial charge < -0.3 is 10.1 Å². The number of hydrogen-bond donors (Lipinski definition) is 1. The Morgan fingerprint density at radius 3 is 2.54 bits per heavy atom. The highest BCUT2D eigenvalue weighted by atomic mass is 19.4. The first-order valence-corrected chi connectivity index (χ1v) is 8.66. The van der Waals surface area contributed by atoms with Gasteiger partial charge in [-0.1, -0.05) is 26.0 Å². The maximum absolute atomic E-state index is 12.4. The fourth-order valence-electron chi connectivity index (χ4n) is 2.48. The molecule has 0 atom stereocenters. The molecule has 0 radical (unpaired) electrons. The predicted octanol–water partition coefficient (Wildman–Crippen LogP) is 3.99. The number of aryl methyl sites for hydroxylation is 1. The normalized spacial score (nSPS) is 11.4. The molecule has 8 heteroatoms. The Kier molecular flexibility index (Phi) is 6.77. The number of aromatic nitrogens is 1. The molecule has 0 fully saturated rings. The van der Waals surface area contributed by atoms with Crippen LogP contribution < -0.4 is 10.1 Å². The highest BCUT2D eigenvalue weighted by Crippen LogP contribution is 2.23. The highest BCUT2D eigenvalue weighted by Gasteiger charge is 2.31. The second kappa shape index (κ2) is 8.86. The van der Waals surface area contributed by atoms with Crippen molar-refractivity contribution in [3.05, 3.63) is 58.9 Å². The molecule has 0 aliphatic rings. The highest BCUT2D eigenvalue weighted by molar-refractivity contribution is 5.94. The lowest BCUT2D eigenvalue weighted by Gasteiger charge is -2.11. The Bertz CT molecular complexity index is 864. The number of amides is 1. The van der Waals surface area contributed by atoms with Gasteiger partial charge in [0.25, 0.3) is 5.91 Å². The summed E-state index contributed by atoms with van der Waals surface area (Å²) in [7, 11) is 0. The van der Waals surface area contributed by atoms with Gasteiger partial charge in [0.2, 0.25) is 0 Å². The van der Waals surface area contributed by atoms with Crippen LogP contribution in [0, 0.1) is 12.8 Å². The van der Waals surface area contributed by atoms with Crippen LogP contribution in [0.5, 0.6) is 5.75 Å². The first-order chi connectivity index (χ1) is 13.0. The lowest BCUT2D eigenvalue weighted by Crippen LogP contribution is -2.24. The van der Waals surface area contributed by atoms with E-state index in [1.54, 1.807) is 39.0 Å². The maximum Gasteiger partial charge on any atom is 0.573 e. The van der Waals surface area contributed by atoms with E-state index >= 15 is 0 Å². The number of nitrogens with zero attached hydrogens (tertiary/aromatic N) is 1. The average molecular weight is 394 g/mol. The molecular weight excluding hydrogens is 373 g/mol. The molecule has 1 aromatic heterocycles. The molecule has 0 unspecified atom stereocenters. The number of alkyl halides is 3. The van der Waals surface area contributed by atoms with Crippen molar-refractivity contribution < 1.29 is 27.5 Å². The molecule has 1 N–H and O–H groups in total. The number of ether oxygens (including phenoxy) is 1. The Labute approximate surface area is 160 Å². The molecule has 0 aliphatic heterocycles. The van der Waals surface area contributed by atoms with E-state index in [1.165, 1.54) is 18.2 Å². The fraction of sp³-hybridized carbons (Fsp3) is 0.350. The molecule has 28 heavy (non-hydrogen) atoms. The number of halogens is 3. The van der Waals surface area contributed by atoms with Gasteiger partial charge in [0, 0.05) is 35.8 Å².